The summed E-state index contributed by atoms with van der Waals surface area (Å²) >= 11 is 5.81. The average Bonchev–Trinajstić information content (AvgIpc) is 2.28. The van der Waals surface area contributed by atoms with Crippen molar-refractivity contribution in [2.24, 2.45) is 16.6 Å². The van der Waals surface area contributed by atoms with E-state index in [0.29, 0.717) is 5.69 Å². The van der Waals surface area contributed by atoms with E-state index in [2.05, 4.69) is 10.5 Å². The fraction of sp³-hybridized carbons (Fsp3) is 0. The maximum atomic E-state index is 10.9. The van der Waals surface area contributed by atoms with Crippen molar-refractivity contribution in [3.63, 3.8) is 0 Å². The molecule has 1 rings (SSSR count). The molecular formula is C10H9ClN6O. The van der Waals surface area contributed by atoms with Crippen LogP contribution in [0.3, 0.4) is 0 Å². The molecule has 0 bridgehead atoms. The minimum atomic E-state index is -0.642. The number of nitrogens with two attached hydrogens (primary N) is 2. The Balaban J connectivity index is 2.95. The molecule has 0 aliphatic carbocycles. The molecule has 0 saturated carbocycles. The van der Waals surface area contributed by atoms with Gasteiger partial charge in [0, 0.05) is 0 Å². The molecule has 0 aliphatic heterocycles. The van der Waals surface area contributed by atoms with Gasteiger partial charge < -0.3 is 11.5 Å². The van der Waals surface area contributed by atoms with Crippen LogP contribution < -0.4 is 16.9 Å². The largest absolute Gasteiger partial charge is 0.382 e. The second-order valence-corrected chi connectivity index (χ2v) is 3.56. The van der Waals surface area contributed by atoms with Crippen LogP contribution >= 0.6 is 11.6 Å². The number of nitrogens with zero attached hydrogens (tertiary/aromatic N) is 2. The van der Waals surface area contributed by atoms with Crippen LogP contribution in [-0.4, -0.2) is 17.5 Å². The van der Waals surface area contributed by atoms with Gasteiger partial charge in [0.15, 0.2) is 5.84 Å². The molecule has 0 saturated heterocycles. The van der Waals surface area contributed by atoms with Crippen molar-refractivity contribution >= 4 is 34.7 Å². The number of hydrazone groups is 1. The molecule has 7 nitrogen and oxygen atoms in total. The van der Waals surface area contributed by atoms with E-state index >= 15 is 0 Å². The molecule has 92 valence electrons. The molecule has 0 radical (unpaired) electrons. The zero-order valence-corrected chi connectivity index (χ0v) is 9.82. The monoisotopic (exact) mass is 264 g/mol. The first-order valence-electron chi connectivity index (χ1n) is 4.63. The van der Waals surface area contributed by atoms with Gasteiger partial charge in [0.2, 0.25) is 11.6 Å². The molecule has 6 N–H and O–H groups in total. The van der Waals surface area contributed by atoms with Crippen LogP contribution in [-0.2, 0) is 0 Å². The Morgan fingerprint density at radius 1 is 1.50 bits per heavy atom. The highest BCUT2D eigenvalue weighted by Gasteiger charge is 2.07. The normalized spacial score (nSPS) is 10.6. The number of hydrogen-bond acceptors (Lipinski definition) is 5. The van der Waals surface area contributed by atoms with Crippen molar-refractivity contribution in [2.75, 3.05) is 5.43 Å². The summed E-state index contributed by atoms with van der Waals surface area (Å²) in [5, 5.41) is 19.4. The lowest BCUT2D eigenvalue weighted by atomic mass is 10.2. The number of carbonyl (C=O) groups excluding carboxylic acids is 1. The van der Waals surface area contributed by atoms with Crippen LogP contribution in [0, 0.1) is 16.7 Å². The van der Waals surface area contributed by atoms with Gasteiger partial charge in [-0.05, 0) is 18.2 Å². The zero-order chi connectivity index (χ0) is 13.7. The van der Waals surface area contributed by atoms with Gasteiger partial charge in [-0.25, -0.2) is 0 Å². The molecule has 0 fully saturated rings. The Bertz CT molecular complexity index is 574. The van der Waals surface area contributed by atoms with Gasteiger partial charge in [0.1, 0.15) is 6.07 Å². The van der Waals surface area contributed by atoms with E-state index in [1.807, 2.05) is 0 Å². The second kappa shape index (κ2) is 5.65. The maximum absolute atomic E-state index is 10.9. The van der Waals surface area contributed by atoms with Gasteiger partial charge in [-0.15, -0.1) is 0 Å². The smallest absolute Gasteiger partial charge is 0.250 e. The van der Waals surface area contributed by atoms with E-state index in [4.69, 9.17) is 33.7 Å². The summed E-state index contributed by atoms with van der Waals surface area (Å²) in [4.78, 5) is 10.9. The first-order chi connectivity index (χ1) is 8.45. The quantitative estimate of drug-likeness (QED) is 0.360. The summed E-state index contributed by atoms with van der Waals surface area (Å²) in [6.45, 7) is 0. The summed E-state index contributed by atoms with van der Waals surface area (Å²) in [5.41, 5.74) is 13.0. The van der Waals surface area contributed by atoms with E-state index in [1.54, 1.807) is 6.07 Å². The van der Waals surface area contributed by atoms with Gasteiger partial charge in [-0.1, -0.05) is 11.6 Å². The first-order valence-corrected chi connectivity index (χ1v) is 5.01. The lowest BCUT2D eigenvalue weighted by Gasteiger charge is -2.04. The Morgan fingerprint density at radius 2 is 2.17 bits per heavy atom. The number of benzene rings is 1. The van der Waals surface area contributed by atoms with Gasteiger partial charge in [0.25, 0.3) is 0 Å². The molecule has 0 aromatic heterocycles. The molecule has 0 atom stereocenters. The Kier molecular flexibility index (Phi) is 4.23. The van der Waals surface area contributed by atoms with E-state index < -0.39 is 11.7 Å². The minimum Gasteiger partial charge on any atom is -0.382 e. The van der Waals surface area contributed by atoms with Crippen molar-refractivity contribution in [3.05, 3.63) is 28.8 Å². The third kappa shape index (κ3) is 3.20. The highest BCUT2D eigenvalue weighted by Crippen LogP contribution is 2.20. The summed E-state index contributed by atoms with van der Waals surface area (Å²) in [5.74, 6) is -1.10. The van der Waals surface area contributed by atoms with Crippen molar-refractivity contribution in [3.8, 4) is 6.07 Å². The van der Waals surface area contributed by atoms with Crippen molar-refractivity contribution < 1.29 is 4.79 Å². The number of nitrogens with one attached hydrogen (secondary N) is 2. The highest BCUT2D eigenvalue weighted by atomic mass is 35.5. The third-order valence-electron chi connectivity index (χ3n) is 1.89. The fourth-order valence-corrected chi connectivity index (χ4v) is 1.32. The summed E-state index contributed by atoms with van der Waals surface area (Å²) < 4.78 is 0. The second-order valence-electron chi connectivity index (χ2n) is 3.16. The standard InChI is InChI=1S/C10H9ClN6O/c11-7-3-5(1-2-6(7)10(15)18)16-17-8(4-12)9(13)14/h1-3,16H,(H3,13,14)(H2,15,18)/b17-8+. The molecule has 18 heavy (non-hydrogen) atoms. The molecule has 1 amide bonds. The number of carbonyl (C=O) groups is 1. The molecule has 8 heteroatoms. The topological polar surface area (TPSA) is 141 Å². The SMILES string of the molecule is N#C/C(=N\Nc1ccc(C(N)=O)c(Cl)c1)C(=N)N. The van der Waals surface area contributed by atoms with E-state index in [0.717, 1.165) is 0 Å². The Morgan fingerprint density at radius 3 is 2.61 bits per heavy atom. The van der Waals surface area contributed by atoms with Crippen LogP contribution in [0.1, 0.15) is 10.4 Å². The average molecular weight is 265 g/mol. The number of anilines is 1. The maximum Gasteiger partial charge on any atom is 0.250 e. The van der Waals surface area contributed by atoms with Gasteiger partial charge in [-0.2, -0.15) is 10.4 Å². The summed E-state index contributed by atoms with van der Waals surface area (Å²) in [7, 11) is 0. The van der Waals surface area contributed by atoms with Crippen molar-refractivity contribution in [2.45, 2.75) is 0 Å². The highest BCUT2D eigenvalue weighted by molar-refractivity contribution is 6.45. The van der Waals surface area contributed by atoms with Crippen LogP contribution in [0.15, 0.2) is 23.3 Å². The molecule has 1 aromatic rings. The van der Waals surface area contributed by atoms with Crippen molar-refractivity contribution in [1.29, 1.82) is 10.7 Å². The lowest BCUT2D eigenvalue weighted by molar-refractivity contribution is 0.100. The lowest BCUT2D eigenvalue weighted by Crippen LogP contribution is -2.21. The molecule has 0 unspecified atom stereocenters. The minimum absolute atomic E-state index is 0.157. The van der Waals surface area contributed by atoms with Gasteiger partial charge >= 0.3 is 0 Å². The van der Waals surface area contributed by atoms with Crippen molar-refractivity contribution in [1.82, 2.24) is 0 Å². The Labute approximate surface area is 108 Å². The summed E-state index contributed by atoms with van der Waals surface area (Å²) in [6.07, 6.45) is 0. The number of amidine groups is 1. The number of hydrogen-bond donors (Lipinski definition) is 4. The zero-order valence-electron chi connectivity index (χ0n) is 9.07. The molecule has 0 spiro atoms. The van der Waals surface area contributed by atoms with E-state index in [9.17, 15) is 4.79 Å². The number of nitriles is 1. The predicted molar refractivity (Wildman–Crippen MR) is 68.6 cm³/mol. The van der Waals surface area contributed by atoms with Crippen LogP contribution in [0.4, 0.5) is 5.69 Å². The predicted octanol–water partition coefficient (Wildman–Crippen LogP) is 0.666. The molecule has 0 aliphatic rings. The van der Waals surface area contributed by atoms with E-state index in [-0.39, 0.29) is 16.3 Å². The van der Waals surface area contributed by atoms with Crippen LogP contribution in [0.5, 0.6) is 0 Å². The third-order valence-corrected chi connectivity index (χ3v) is 2.21. The number of primary amides is 1. The number of halogens is 1. The summed E-state index contributed by atoms with van der Waals surface area (Å²) in [6, 6.07) is 5.99. The molecule has 0 heterocycles. The fourth-order valence-electron chi connectivity index (χ4n) is 1.05. The molecule has 1 aromatic carbocycles. The van der Waals surface area contributed by atoms with Crippen LogP contribution in [0.2, 0.25) is 5.02 Å². The first kappa shape index (κ1) is 13.5. The molecular weight excluding hydrogens is 256 g/mol. The van der Waals surface area contributed by atoms with Gasteiger partial charge in [-0.3, -0.25) is 15.6 Å². The van der Waals surface area contributed by atoms with E-state index in [1.165, 1.54) is 18.2 Å². The Hall–Kier alpha value is -2.59. The number of amides is 1. The van der Waals surface area contributed by atoms with Crippen LogP contribution in [0.25, 0.3) is 0 Å². The number of rotatable bonds is 4. The van der Waals surface area contributed by atoms with Gasteiger partial charge in [0.05, 0.1) is 16.3 Å².